The van der Waals surface area contributed by atoms with Crippen LogP contribution in [0.2, 0.25) is 0 Å². The molecule has 1 aliphatic rings. The van der Waals surface area contributed by atoms with Gasteiger partial charge in [0.05, 0.1) is 35.7 Å². The molecule has 3 heterocycles. The van der Waals surface area contributed by atoms with Crippen LogP contribution in [0.1, 0.15) is 21.6 Å². The summed E-state index contributed by atoms with van der Waals surface area (Å²) >= 11 is 0. The van der Waals surface area contributed by atoms with Crippen LogP contribution in [0.5, 0.6) is 0 Å². The van der Waals surface area contributed by atoms with Gasteiger partial charge in [0.1, 0.15) is 0 Å². The molecule has 1 aliphatic heterocycles. The predicted octanol–water partition coefficient (Wildman–Crippen LogP) is 4.03. The topological polar surface area (TPSA) is 72.3 Å². The highest BCUT2D eigenvalue weighted by Crippen LogP contribution is 2.27. The minimum Gasteiger partial charge on any atom is -0.379 e. The van der Waals surface area contributed by atoms with Gasteiger partial charge in [-0.1, -0.05) is 30.3 Å². The third kappa shape index (κ3) is 4.65. The molecule has 7 heteroatoms. The first kappa shape index (κ1) is 21.3. The quantitative estimate of drug-likeness (QED) is 0.506. The lowest BCUT2D eigenvalue weighted by molar-refractivity contribution is 0.0342. The van der Waals surface area contributed by atoms with E-state index < -0.39 is 0 Å². The number of nitrogens with one attached hydrogen (secondary N) is 1. The molecule has 2 aromatic heterocycles. The number of rotatable bonds is 5. The molecule has 168 valence electrons. The number of amides is 1. The van der Waals surface area contributed by atoms with Gasteiger partial charge in [-0.05, 0) is 36.8 Å². The van der Waals surface area contributed by atoms with Crippen LogP contribution in [0.25, 0.3) is 22.2 Å². The van der Waals surface area contributed by atoms with Gasteiger partial charge in [-0.2, -0.15) is 5.10 Å². The summed E-state index contributed by atoms with van der Waals surface area (Å²) < 4.78 is 7.20. The van der Waals surface area contributed by atoms with Gasteiger partial charge < -0.3 is 10.1 Å². The minimum atomic E-state index is -0.153. The highest BCUT2D eigenvalue weighted by atomic mass is 16.5. The Kier molecular flexibility index (Phi) is 5.90. The zero-order valence-electron chi connectivity index (χ0n) is 18.9. The van der Waals surface area contributed by atoms with E-state index in [0.717, 1.165) is 66.4 Å². The Hall–Kier alpha value is -3.55. The Labute approximate surface area is 193 Å². The first-order chi connectivity index (χ1) is 16.1. The number of hydrogen-bond acceptors (Lipinski definition) is 5. The average Bonchev–Trinajstić information content (AvgIpc) is 3.17. The number of ether oxygens (including phenoxy) is 1. The van der Waals surface area contributed by atoms with E-state index in [1.807, 2.05) is 68.7 Å². The van der Waals surface area contributed by atoms with Crippen molar-refractivity contribution in [2.45, 2.75) is 13.5 Å². The van der Waals surface area contributed by atoms with Crippen molar-refractivity contribution in [1.82, 2.24) is 19.7 Å². The molecule has 1 fully saturated rings. The van der Waals surface area contributed by atoms with Crippen molar-refractivity contribution < 1.29 is 9.53 Å². The standard InChI is InChI=1S/C26H27N5O2/c1-18-23(17-30(2)29-18)25-15-22(21-8-3-4-9-24(21)28-25)26(32)27-20-7-5-6-19(14-20)16-31-10-12-33-13-11-31/h3-9,14-15,17H,10-13,16H2,1-2H3,(H,27,32). The SMILES string of the molecule is Cc1nn(C)cc1-c1cc(C(=O)Nc2cccc(CN3CCOCC3)c2)c2ccccc2n1. The summed E-state index contributed by atoms with van der Waals surface area (Å²) in [7, 11) is 1.88. The number of carbonyl (C=O) groups excluding carboxylic acids is 1. The maximum absolute atomic E-state index is 13.4. The number of aryl methyl sites for hydroxylation is 2. The number of morpholine rings is 1. The summed E-state index contributed by atoms with van der Waals surface area (Å²) in [5, 5.41) is 8.35. The van der Waals surface area contributed by atoms with Crippen LogP contribution in [0.15, 0.2) is 60.8 Å². The molecule has 0 bridgehead atoms. The van der Waals surface area contributed by atoms with E-state index in [2.05, 4.69) is 21.4 Å². The largest absolute Gasteiger partial charge is 0.379 e. The second kappa shape index (κ2) is 9.13. The molecule has 0 aliphatic carbocycles. The monoisotopic (exact) mass is 441 g/mol. The van der Waals surface area contributed by atoms with E-state index in [1.54, 1.807) is 4.68 Å². The second-order valence-corrected chi connectivity index (χ2v) is 8.42. The fourth-order valence-electron chi connectivity index (χ4n) is 4.32. The van der Waals surface area contributed by atoms with Crippen LogP contribution in [0.3, 0.4) is 0 Å². The predicted molar refractivity (Wildman–Crippen MR) is 129 cm³/mol. The first-order valence-corrected chi connectivity index (χ1v) is 11.2. The fourth-order valence-corrected chi connectivity index (χ4v) is 4.32. The Balaban J connectivity index is 1.45. The van der Waals surface area contributed by atoms with Gasteiger partial charge in [0.25, 0.3) is 5.91 Å². The molecule has 0 atom stereocenters. The molecular formula is C26H27N5O2. The number of hydrogen-bond donors (Lipinski definition) is 1. The number of anilines is 1. The van der Waals surface area contributed by atoms with E-state index in [-0.39, 0.29) is 5.91 Å². The molecule has 7 nitrogen and oxygen atoms in total. The zero-order valence-corrected chi connectivity index (χ0v) is 18.9. The number of aromatic nitrogens is 3. The summed E-state index contributed by atoms with van der Waals surface area (Å²) in [5.74, 6) is -0.153. The number of fused-ring (bicyclic) bond motifs is 1. The lowest BCUT2D eigenvalue weighted by Crippen LogP contribution is -2.35. The first-order valence-electron chi connectivity index (χ1n) is 11.2. The smallest absolute Gasteiger partial charge is 0.256 e. The van der Waals surface area contributed by atoms with Gasteiger partial charge in [0.15, 0.2) is 0 Å². The number of carbonyl (C=O) groups is 1. The van der Waals surface area contributed by atoms with Crippen molar-refractivity contribution in [3.05, 3.63) is 77.6 Å². The highest BCUT2D eigenvalue weighted by molar-refractivity contribution is 6.13. The molecule has 0 saturated carbocycles. The summed E-state index contributed by atoms with van der Waals surface area (Å²) in [6.07, 6.45) is 1.93. The maximum Gasteiger partial charge on any atom is 0.256 e. The number of para-hydroxylation sites is 1. The molecule has 0 unspecified atom stereocenters. The van der Waals surface area contributed by atoms with E-state index in [4.69, 9.17) is 9.72 Å². The average molecular weight is 442 g/mol. The van der Waals surface area contributed by atoms with Crippen molar-refractivity contribution in [3.63, 3.8) is 0 Å². The molecule has 33 heavy (non-hydrogen) atoms. The van der Waals surface area contributed by atoms with E-state index in [0.29, 0.717) is 5.56 Å². The molecule has 1 saturated heterocycles. The van der Waals surface area contributed by atoms with Crippen LogP contribution in [-0.2, 0) is 18.3 Å². The van der Waals surface area contributed by atoms with Crippen LogP contribution in [0.4, 0.5) is 5.69 Å². The van der Waals surface area contributed by atoms with Gasteiger partial charge in [0.2, 0.25) is 0 Å². The van der Waals surface area contributed by atoms with Gasteiger partial charge >= 0.3 is 0 Å². The van der Waals surface area contributed by atoms with Gasteiger partial charge in [-0.25, -0.2) is 4.98 Å². The lowest BCUT2D eigenvalue weighted by Gasteiger charge is -2.26. The fraction of sp³-hybridized carbons (Fsp3) is 0.269. The van der Waals surface area contributed by atoms with Crippen molar-refractivity contribution in [3.8, 4) is 11.3 Å². The lowest BCUT2D eigenvalue weighted by atomic mass is 10.0. The number of benzene rings is 2. The molecule has 2 aromatic carbocycles. The Morgan fingerprint density at radius 1 is 1.09 bits per heavy atom. The molecular weight excluding hydrogens is 414 g/mol. The Morgan fingerprint density at radius 2 is 1.91 bits per heavy atom. The number of nitrogens with zero attached hydrogens (tertiary/aromatic N) is 4. The van der Waals surface area contributed by atoms with E-state index in [1.165, 1.54) is 5.56 Å². The summed E-state index contributed by atoms with van der Waals surface area (Å²) in [4.78, 5) is 20.6. The Bertz CT molecular complexity index is 1310. The summed E-state index contributed by atoms with van der Waals surface area (Å²) in [6, 6.07) is 17.6. The van der Waals surface area contributed by atoms with Gasteiger partial charge in [0, 0.05) is 49.5 Å². The molecule has 0 radical (unpaired) electrons. The van der Waals surface area contributed by atoms with Crippen LogP contribution in [-0.4, -0.2) is 51.9 Å². The van der Waals surface area contributed by atoms with Crippen LogP contribution in [0, 0.1) is 6.92 Å². The van der Waals surface area contributed by atoms with E-state index in [9.17, 15) is 4.79 Å². The zero-order chi connectivity index (χ0) is 22.8. The normalized spacial score (nSPS) is 14.5. The van der Waals surface area contributed by atoms with Crippen molar-refractivity contribution in [2.24, 2.45) is 7.05 Å². The summed E-state index contributed by atoms with van der Waals surface area (Å²) in [5.41, 5.74) is 5.87. The van der Waals surface area contributed by atoms with Gasteiger partial charge in [-0.15, -0.1) is 0 Å². The third-order valence-electron chi connectivity index (χ3n) is 5.94. The maximum atomic E-state index is 13.4. The van der Waals surface area contributed by atoms with Crippen molar-refractivity contribution >= 4 is 22.5 Å². The third-order valence-corrected chi connectivity index (χ3v) is 5.94. The van der Waals surface area contributed by atoms with Crippen LogP contribution < -0.4 is 5.32 Å². The van der Waals surface area contributed by atoms with E-state index >= 15 is 0 Å². The van der Waals surface area contributed by atoms with Crippen molar-refractivity contribution in [1.29, 1.82) is 0 Å². The minimum absolute atomic E-state index is 0.153. The molecule has 0 spiro atoms. The van der Waals surface area contributed by atoms with Crippen LogP contribution >= 0.6 is 0 Å². The molecule has 5 rings (SSSR count). The van der Waals surface area contributed by atoms with Crippen molar-refractivity contribution in [2.75, 3.05) is 31.6 Å². The second-order valence-electron chi connectivity index (χ2n) is 8.42. The Morgan fingerprint density at radius 3 is 2.70 bits per heavy atom. The number of pyridine rings is 1. The highest BCUT2D eigenvalue weighted by Gasteiger charge is 2.17. The molecule has 1 N–H and O–H groups in total. The molecule has 4 aromatic rings. The molecule has 1 amide bonds. The van der Waals surface area contributed by atoms with Gasteiger partial charge in [-0.3, -0.25) is 14.4 Å². The summed E-state index contributed by atoms with van der Waals surface area (Å²) in [6.45, 7) is 6.18.